The third-order valence-electron chi connectivity index (χ3n) is 2.47. The molecular formula is C13H14BrClN2O. The molecule has 96 valence electrons. The van der Waals surface area contributed by atoms with Crippen molar-refractivity contribution in [3.8, 4) is 5.75 Å². The van der Waals surface area contributed by atoms with E-state index in [1.807, 2.05) is 29.1 Å². The van der Waals surface area contributed by atoms with Gasteiger partial charge in [-0.05, 0) is 18.6 Å². The summed E-state index contributed by atoms with van der Waals surface area (Å²) in [5, 5.41) is 4.91. The third kappa shape index (κ3) is 3.50. The van der Waals surface area contributed by atoms with E-state index in [0.29, 0.717) is 11.6 Å². The molecule has 0 aliphatic carbocycles. The van der Waals surface area contributed by atoms with E-state index in [-0.39, 0.29) is 0 Å². The minimum Gasteiger partial charge on any atom is -0.486 e. The molecule has 18 heavy (non-hydrogen) atoms. The molecule has 2 aromatic rings. The molecule has 2 rings (SSSR count). The van der Waals surface area contributed by atoms with Gasteiger partial charge in [-0.1, -0.05) is 40.5 Å². The Morgan fingerprint density at radius 1 is 1.44 bits per heavy atom. The van der Waals surface area contributed by atoms with Crippen LogP contribution in [0.25, 0.3) is 0 Å². The molecule has 1 aromatic carbocycles. The molecule has 1 heterocycles. The molecule has 0 saturated carbocycles. The van der Waals surface area contributed by atoms with E-state index < -0.39 is 0 Å². The lowest BCUT2D eigenvalue weighted by atomic mass is 10.2. The number of rotatable bonds is 5. The standard InChI is InChI=1S/C13H14BrClN2O/c1-2-5-17-8-12(7-16-17)18-9-10-3-4-11(14)6-13(10)15/h3-4,6-8H,2,5,9H2,1H3. The second kappa shape index (κ2) is 6.25. The smallest absolute Gasteiger partial charge is 0.157 e. The number of hydrogen-bond donors (Lipinski definition) is 0. The molecule has 0 N–H and O–H groups in total. The van der Waals surface area contributed by atoms with Crippen LogP contribution < -0.4 is 4.74 Å². The van der Waals surface area contributed by atoms with Gasteiger partial charge in [0.2, 0.25) is 0 Å². The maximum Gasteiger partial charge on any atom is 0.157 e. The molecule has 0 aliphatic heterocycles. The maximum atomic E-state index is 6.12. The zero-order valence-corrected chi connectivity index (χ0v) is 12.4. The summed E-state index contributed by atoms with van der Waals surface area (Å²) >= 11 is 9.49. The zero-order chi connectivity index (χ0) is 13.0. The Morgan fingerprint density at radius 3 is 3.00 bits per heavy atom. The highest BCUT2D eigenvalue weighted by atomic mass is 79.9. The molecule has 0 spiro atoms. The molecule has 0 radical (unpaired) electrons. The van der Waals surface area contributed by atoms with Crippen LogP contribution in [-0.4, -0.2) is 9.78 Å². The number of aryl methyl sites for hydroxylation is 1. The lowest BCUT2D eigenvalue weighted by Gasteiger charge is -2.06. The van der Waals surface area contributed by atoms with E-state index >= 15 is 0 Å². The molecule has 0 amide bonds. The van der Waals surface area contributed by atoms with Gasteiger partial charge in [0.1, 0.15) is 6.61 Å². The molecule has 3 nitrogen and oxygen atoms in total. The van der Waals surface area contributed by atoms with Crippen molar-refractivity contribution in [3.05, 3.63) is 45.7 Å². The van der Waals surface area contributed by atoms with Crippen molar-refractivity contribution in [1.82, 2.24) is 9.78 Å². The number of hydrogen-bond acceptors (Lipinski definition) is 2. The van der Waals surface area contributed by atoms with Crippen LogP contribution in [-0.2, 0) is 13.2 Å². The van der Waals surface area contributed by atoms with Gasteiger partial charge in [-0.2, -0.15) is 5.10 Å². The first-order chi connectivity index (χ1) is 8.69. The van der Waals surface area contributed by atoms with Crippen LogP contribution in [0, 0.1) is 0 Å². The van der Waals surface area contributed by atoms with Crippen molar-refractivity contribution >= 4 is 27.5 Å². The molecular weight excluding hydrogens is 316 g/mol. The lowest BCUT2D eigenvalue weighted by Crippen LogP contribution is -1.97. The van der Waals surface area contributed by atoms with Crippen LogP contribution >= 0.6 is 27.5 Å². The number of halogens is 2. The van der Waals surface area contributed by atoms with Crippen molar-refractivity contribution < 1.29 is 4.74 Å². The van der Waals surface area contributed by atoms with Crippen molar-refractivity contribution in [2.24, 2.45) is 0 Å². The fourth-order valence-corrected chi connectivity index (χ4v) is 2.30. The molecule has 1 aromatic heterocycles. The Bertz CT molecular complexity index is 527. The molecule has 5 heteroatoms. The van der Waals surface area contributed by atoms with Gasteiger partial charge >= 0.3 is 0 Å². The quantitative estimate of drug-likeness (QED) is 0.818. The highest BCUT2D eigenvalue weighted by Crippen LogP contribution is 2.22. The van der Waals surface area contributed by atoms with Crippen molar-refractivity contribution in [2.75, 3.05) is 0 Å². The summed E-state index contributed by atoms with van der Waals surface area (Å²) < 4.78 is 8.50. The van der Waals surface area contributed by atoms with Crippen LogP contribution in [0.1, 0.15) is 18.9 Å². The second-order valence-corrected chi connectivity index (χ2v) is 5.29. The van der Waals surface area contributed by atoms with Gasteiger partial charge in [-0.15, -0.1) is 0 Å². The van der Waals surface area contributed by atoms with E-state index in [1.54, 1.807) is 6.20 Å². The minimum atomic E-state index is 0.448. The van der Waals surface area contributed by atoms with Gasteiger partial charge in [-0.25, -0.2) is 0 Å². The van der Waals surface area contributed by atoms with Crippen LogP contribution in [0.4, 0.5) is 0 Å². The fraction of sp³-hybridized carbons (Fsp3) is 0.308. The van der Waals surface area contributed by atoms with Gasteiger partial charge in [0.15, 0.2) is 5.75 Å². The number of ether oxygens (including phenoxy) is 1. The zero-order valence-electron chi connectivity index (χ0n) is 10.1. The summed E-state index contributed by atoms with van der Waals surface area (Å²) in [7, 11) is 0. The first kappa shape index (κ1) is 13.4. The van der Waals surface area contributed by atoms with Crippen molar-refractivity contribution in [1.29, 1.82) is 0 Å². The fourth-order valence-electron chi connectivity index (χ4n) is 1.57. The summed E-state index contributed by atoms with van der Waals surface area (Å²) in [4.78, 5) is 0. The Labute approximate surface area is 120 Å². The summed E-state index contributed by atoms with van der Waals surface area (Å²) in [6.45, 7) is 3.47. The van der Waals surface area contributed by atoms with Gasteiger partial charge < -0.3 is 4.74 Å². The highest BCUT2D eigenvalue weighted by molar-refractivity contribution is 9.10. The highest BCUT2D eigenvalue weighted by Gasteiger charge is 2.04. The van der Waals surface area contributed by atoms with Crippen LogP contribution in [0.3, 0.4) is 0 Å². The first-order valence-electron chi connectivity index (χ1n) is 5.78. The minimum absolute atomic E-state index is 0.448. The van der Waals surface area contributed by atoms with E-state index in [4.69, 9.17) is 16.3 Å². The third-order valence-corrected chi connectivity index (χ3v) is 3.32. The number of aromatic nitrogens is 2. The van der Waals surface area contributed by atoms with Gasteiger partial charge in [-0.3, -0.25) is 4.68 Å². The molecule has 0 unspecified atom stereocenters. The van der Waals surface area contributed by atoms with Gasteiger partial charge in [0.25, 0.3) is 0 Å². The Balaban J connectivity index is 1.97. The van der Waals surface area contributed by atoms with E-state index in [9.17, 15) is 0 Å². The predicted molar refractivity (Wildman–Crippen MR) is 76.0 cm³/mol. The lowest BCUT2D eigenvalue weighted by molar-refractivity contribution is 0.306. The molecule has 0 atom stereocenters. The maximum absolute atomic E-state index is 6.12. The summed E-state index contributed by atoms with van der Waals surface area (Å²) in [6, 6.07) is 5.76. The summed E-state index contributed by atoms with van der Waals surface area (Å²) in [5.41, 5.74) is 0.961. The SMILES string of the molecule is CCCn1cc(OCc2ccc(Br)cc2Cl)cn1. The largest absolute Gasteiger partial charge is 0.486 e. The number of nitrogens with zero attached hydrogens (tertiary/aromatic N) is 2. The van der Waals surface area contributed by atoms with Crippen molar-refractivity contribution in [3.63, 3.8) is 0 Å². The monoisotopic (exact) mass is 328 g/mol. The van der Waals surface area contributed by atoms with Crippen LogP contribution in [0.5, 0.6) is 5.75 Å². The Hall–Kier alpha value is -1.00. The normalized spacial score (nSPS) is 10.6. The van der Waals surface area contributed by atoms with E-state index in [2.05, 4.69) is 28.0 Å². The van der Waals surface area contributed by atoms with Gasteiger partial charge in [0.05, 0.1) is 12.4 Å². The molecule has 0 saturated heterocycles. The first-order valence-corrected chi connectivity index (χ1v) is 6.95. The van der Waals surface area contributed by atoms with Crippen LogP contribution in [0.2, 0.25) is 5.02 Å². The predicted octanol–water partition coefficient (Wildman–Crippen LogP) is 4.29. The summed E-state index contributed by atoms with van der Waals surface area (Å²) in [6.07, 6.45) is 4.68. The average Bonchev–Trinajstić information content (AvgIpc) is 2.76. The second-order valence-electron chi connectivity index (χ2n) is 3.96. The molecule has 0 aliphatic rings. The van der Waals surface area contributed by atoms with E-state index in [1.165, 1.54) is 0 Å². The molecule has 0 fully saturated rings. The Kier molecular flexibility index (Phi) is 4.66. The molecule has 0 bridgehead atoms. The van der Waals surface area contributed by atoms with Crippen molar-refractivity contribution in [2.45, 2.75) is 26.5 Å². The average molecular weight is 330 g/mol. The number of benzene rings is 1. The van der Waals surface area contributed by atoms with Gasteiger partial charge in [0, 0.05) is 21.6 Å². The Morgan fingerprint density at radius 2 is 2.28 bits per heavy atom. The van der Waals surface area contributed by atoms with Crippen LogP contribution in [0.15, 0.2) is 35.1 Å². The van der Waals surface area contributed by atoms with E-state index in [0.717, 1.165) is 28.8 Å². The summed E-state index contributed by atoms with van der Waals surface area (Å²) in [5.74, 6) is 0.766. The topological polar surface area (TPSA) is 27.1 Å².